The zero-order valence-corrected chi connectivity index (χ0v) is 15.1. The van der Waals surface area contributed by atoms with Gasteiger partial charge in [-0.15, -0.1) is 10.2 Å². The number of para-hydroxylation sites is 1. The Balaban J connectivity index is 2.12. The second-order valence-corrected chi connectivity index (χ2v) is 6.02. The highest BCUT2D eigenvalue weighted by Gasteiger charge is 2.17. The molecule has 7 heteroatoms. The highest BCUT2D eigenvalue weighted by molar-refractivity contribution is 7.80. The number of ether oxygens (including phenoxy) is 1. The molecule has 0 radical (unpaired) electrons. The van der Waals surface area contributed by atoms with E-state index in [1.807, 2.05) is 49.6 Å². The standard InChI is InChI=1S/C17H24N4O2S/c1-4-23-11-7-10-18-17(24)20-19-15-13-8-5-6-9-14(13)21(12(2)3)16(15)22/h5-6,8-9,12,22H,4,7,10-11H2,1-3H3,(H,18,24). The minimum Gasteiger partial charge on any atom is -0.493 e. The van der Waals surface area contributed by atoms with Gasteiger partial charge in [-0.25, -0.2) is 0 Å². The molecule has 0 aliphatic heterocycles. The normalized spacial score (nSPS) is 11.7. The molecule has 0 saturated heterocycles. The lowest BCUT2D eigenvalue weighted by molar-refractivity contribution is 0.146. The number of rotatable bonds is 7. The topological polar surface area (TPSA) is 71.1 Å². The lowest BCUT2D eigenvalue weighted by Gasteiger charge is -2.10. The minimum absolute atomic E-state index is 0.106. The van der Waals surface area contributed by atoms with Crippen LogP contribution in [0.2, 0.25) is 0 Å². The van der Waals surface area contributed by atoms with Gasteiger partial charge in [0.25, 0.3) is 0 Å². The van der Waals surface area contributed by atoms with E-state index in [9.17, 15) is 5.11 Å². The lowest BCUT2D eigenvalue weighted by atomic mass is 10.2. The second kappa shape index (κ2) is 8.75. The molecule has 2 aromatic rings. The van der Waals surface area contributed by atoms with Gasteiger partial charge >= 0.3 is 0 Å². The number of nitrogens with zero attached hydrogens (tertiary/aromatic N) is 3. The summed E-state index contributed by atoms with van der Waals surface area (Å²) in [6, 6.07) is 7.84. The third kappa shape index (κ3) is 4.30. The minimum atomic E-state index is 0.106. The summed E-state index contributed by atoms with van der Waals surface area (Å²) in [5, 5.41) is 22.9. The van der Waals surface area contributed by atoms with Gasteiger partial charge in [0.15, 0.2) is 5.69 Å². The van der Waals surface area contributed by atoms with Crippen LogP contribution in [0.4, 0.5) is 5.69 Å². The largest absolute Gasteiger partial charge is 0.493 e. The first kappa shape index (κ1) is 18.4. The molecule has 2 rings (SSSR count). The SMILES string of the molecule is CCOCCCNC(=S)N=Nc1c(O)n(C(C)C)c2ccccc12. The van der Waals surface area contributed by atoms with Crippen LogP contribution in [0.15, 0.2) is 34.5 Å². The van der Waals surface area contributed by atoms with E-state index in [0.29, 0.717) is 30.6 Å². The van der Waals surface area contributed by atoms with Crippen LogP contribution < -0.4 is 5.32 Å². The Kier molecular flexibility index (Phi) is 6.69. The van der Waals surface area contributed by atoms with E-state index in [1.165, 1.54) is 0 Å². The van der Waals surface area contributed by atoms with Gasteiger partial charge in [0.2, 0.25) is 11.0 Å². The Hall–Kier alpha value is -1.99. The molecule has 0 atom stereocenters. The first-order valence-electron chi connectivity index (χ1n) is 8.15. The maximum Gasteiger partial charge on any atom is 0.221 e. The Bertz CT molecular complexity index is 725. The van der Waals surface area contributed by atoms with Crippen molar-refractivity contribution in [1.29, 1.82) is 0 Å². The van der Waals surface area contributed by atoms with Crippen LogP contribution in [0.5, 0.6) is 5.88 Å². The number of benzene rings is 1. The van der Waals surface area contributed by atoms with Crippen molar-refractivity contribution < 1.29 is 9.84 Å². The molecule has 2 N–H and O–H groups in total. The highest BCUT2D eigenvalue weighted by atomic mass is 32.1. The first-order chi connectivity index (χ1) is 11.6. The first-order valence-corrected chi connectivity index (χ1v) is 8.56. The van der Waals surface area contributed by atoms with Crippen molar-refractivity contribution in [2.75, 3.05) is 19.8 Å². The molecule has 1 aromatic carbocycles. The van der Waals surface area contributed by atoms with Crippen LogP contribution in [-0.2, 0) is 4.74 Å². The van der Waals surface area contributed by atoms with E-state index >= 15 is 0 Å². The molecule has 1 aromatic heterocycles. The molecule has 24 heavy (non-hydrogen) atoms. The third-order valence-corrected chi connectivity index (χ3v) is 3.79. The van der Waals surface area contributed by atoms with Gasteiger partial charge in [0.1, 0.15) is 0 Å². The fourth-order valence-electron chi connectivity index (χ4n) is 2.50. The van der Waals surface area contributed by atoms with Gasteiger partial charge in [-0.2, -0.15) is 0 Å². The van der Waals surface area contributed by atoms with Crippen LogP contribution in [0.25, 0.3) is 10.9 Å². The summed E-state index contributed by atoms with van der Waals surface area (Å²) in [5.41, 5.74) is 1.37. The highest BCUT2D eigenvalue weighted by Crippen LogP contribution is 2.40. The van der Waals surface area contributed by atoms with E-state index in [0.717, 1.165) is 17.3 Å². The number of hydrogen-bond donors (Lipinski definition) is 2. The van der Waals surface area contributed by atoms with Gasteiger partial charge in [0, 0.05) is 31.2 Å². The van der Waals surface area contributed by atoms with Crippen LogP contribution in [0, 0.1) is 0 Å². The Morgan fingerprint density at radius 2 is 2.12 bits per heavy atom. The van der Waals surface area contributed by atoms with Gasteiger partial charge in [-0.3, -0.25) is 0 Å². The van der Waals surface area contributed by atoms with Crippen LogP contribution in [-0.4, -0.2) is 34.5 Å². The summed E-state index contributed by atoms with van der Waals surface area (Å²) in [5.74, 6) is 0.106. The number of aromatic nitrogens is 1. The van der Waals surface area contributed by atoms with Crippen molar-refractivity contribution in [1.82, 2.24) is 9.88 Å². The van der Waals surface area contributed by atoms with E-state index in [1.54, 1.807) is 0 Å². The molecule has 0 fully saturated rings. The van der Waals surface area contributed by atoms with Gasteiger partial charge in [-0.05, 0) is 45.5 Å². The molecule has 0 bridgehead atoms. The summed E-state index contributed by atoms with van der Waals surface area (Å²) in [6.45, 7) is 8.06. The third-order valence-electron chi connectivity index (χ3n) is 3.56. The van der Waals surface area contributed by atoms with Crippen LogP contribution in [0.3, 0.4) is 0 Å². The number of nitrogens with one attached hydrogen (secondary N) is 1. The number of aromatic hydroxyl groups is 1. The summed E-state index contributed by atoms with van der Waals surface area (Å²) < 4.78 is 7.10. The van der Waals surface area contributed by atoms with Crippen molar-refractivity contribution in [3.8, 4) is 5.88 Å². The number of hydrogen-bond acceptors (Lipinski definition) is 4. The van der Waals surface area contributed by atoms with E-state index < -0.39 is 0 Å². The molecule has 6 nitrogen and oxygen atoms in total. The summed E-state index contributed by atoms with van der Waals surface area (Å²) in [7, 11) is 0. The Labute approximate surface area is 147 Å². The fraction of sp³-hybridized carbons (Fsp3) is 0.471. The molecule has 0 spiro atoms. The average molecular weight is 348 g/mol. The molecule has 0 amide bonds. The zero-order chi connectivity index (χ0) is 17.5. The maximum absolute atomic E-state index is 10.5. The molecule has 0 saturated carbocycles. The van der Waals surface area contributed by atoms with Crippen LogP contribution >= 0.6 is 12.2 Å². The van der Waals surface area contributed by atoms with Crippen molar-refractivity contribution in [3.05, 3.63) is 24.3 Å². The van der Waals surface area contributed by atoms with Gasteiger partial charge in [-0.1, -0.05) is 18.2 Å². The fourth-order valence-corrected chi connectivity index (χ4v) is 2.64. The molecule has 1 heterocycles. The number of azo groups is 1. The van der Waals surface area contributed by atoms with Crippen molar-refractivity contribution in [2.24, 2.45) is 10.2 Å². The Morgan fingerprint density at radius 3 is 2.83 bits per heavy atom. The maximum atomic E-state index is 10.5. The molecular weight excluding hydrogens is 324 g/mol. The number of fused-ring (bicyclic) bond motifs is 1. The summed E-state index contributed by atoms with van der Waals surface area (Å²) in [4.78, 5) is 0. The van der Waals surface area contributed by atoms with Crippen molar-refractivity contribution in [2.45, 2.75) is 33.2 Å². The summed E-state index contributed by atoms with van der Waals surface area (Å²) >= 11 is 5.15. The van der Waals surface area contributed by atoms with E-state index in [4.69, 9.17) is 17.0 Å². The van der Waals surface area contributed by atoms with Crippen LogP contribution in [0.1, 0.15) is 33.2 Å². The summed E-state index contributed by atoms with van der Waals surface area (Å²) in [6.07, 6.45) is 0.849. The molecule has 130 valence electrons. The van der Waals surface area contributed by atoms with Gasteiger partial charge in [0.05, 0.1) is 5.52 Å². The predicted molar refractivity (Wildman–Crippen MR) is 100 cm³/mol. The quantitative estimate of drug-likeness (QED) is 0.444. The molecular formula is C17H24N4O2S. The monoisotopic (exact) mass is 348 g/mol. The predicted octanol–water partition coefficient (Wildman–Crippen LogP) is 4.31. The van der Waals surface area contributed by atoms with Gasteiger partial charge < -0.3 is 19.7 Å². The Morgan fingerprint density at radius 1 is 1.38 bits per heavy atom. The van der Waals surface area contributed by atoms with E-state index in [-0.39, 0.29) is 11.9 Å². The average Bonchev–Trinajstić information content (AvgIpc) is 2.84. The van der Waals surface area contributed by atoms with E-state index in [2.05, 4.69) is 15.5 Å². The van der Waals surface area contributed by atoms with Crippen molar-refractivity contribution >= 4 is 33.9 Å². The van der Waals surface area contributed by atoms with Crippen molar-refractivity contribution in [3.63, 3.8) is 0 Å². The smallest absolute Gasteiger partial charge is 0.221 e. The molecule has 0 aliphatic rings. The lowest BCUT2D eigenvalue weighted by Crippen LogP contribution is -2.21. The number of thiocarbonyl (C=S) groups is 1. The second-order valence-electron chi connectivity index (χ2n) is 5.64. The zero-order valence-electron chi connectivity index (χ0n) is 14.3. The molecule has 0 unspecified atom stereocenters. The molecule has 0 aliphatic carbocycles.